The monoisotopic (exact) mass is 279 g/mol. The Morgan fingerprint density at radius 2 is 2.21 bits per heavy atom. The van der Waals surface area contributed by atoms with Crippen LogP contribution >= 0.6 is 11.6 Å². The Kier molecular flexibility index (Phi) is 3.17. The second-order valence-corrected chi connectivity index (χ2v) is 6.07. The second-order valence-electron chi connectivity index (χ2n) is 5.66. The molecule has 1 aliphatic heterocycles. The number of nitrogens with one attached hydrogen (secondary N) is 1. The summed E-state index contributed by atoms with van der Waals surface area (Å²) in [5.74, 6) is 1.84. The topological polar surface area (TPSA) is 38.3 Å². The van der Waals surface area contributed by atoms with Crippen LogP contribution in [0.3, 0.4) is 0 Å². The standard InChI is InChI=1S/C15H18ClNO2/c1-8-3-4-10-7-13(8)19-12-6-5-11(16)15(14(10)12)17-9(2)18/h5-6,8,10,13H,3-4,7H2,1-2H3,(H,17,18). The molecule has 4 heteroatoms. The van der Waals surface area contributed by atoms with Gasteiger partial charge >= 0.3 is 0 Å². The van der Waals surface area contributed by atoms with Gasteiger partial charge in [0, 0.05) is 12.5 Å². The molecule has 0 spiro atoms. The fraction of sp³-hybridized carbons (Fsp3) is 0.533. The van der Waals surface area contributed by atoms with E-state index in [2.05, 4.69) is 12.2 Å². The van der Waals surface area contributed by atoms with Crippen LogP contribution < -0.4 is 10.1 Å². The van der Waals surface area contributed by atoms with Crippen molar-refractivity contribution in [3.63, 3.8) is 0 Å². The Balaban J connectivity index is 2.07. The van der Waals surface area contributed by atoms with E-state index in [-0.39, 0.29) is 5.91 Å². The van der Waals surface area contributed by atoms with Gasteiger partial charge in [0.15, 0.2) is 0 Å². The predicted octanol–water partition coefficient (Wildman–Crippen LogP) is 3.96. The molecule has 2 aliphatic rings. The molecule has 3 unspecified atom stereocenters. The van der Waals surface area contributed by atoms with Gasteiger partial charge in [-0.25, -0.2) is 0 Å². The number of fused-ring (bicyclic) bond motifs is 4. The van der Waals surface area contributed by atoms with E-state index >= 15 is 0 Å². The van der Waals surface area contributed by atoms with Crippen LogP contribution in [0.4, 0.5) is 5.69 Å². The van der Waals surface area contributed by atoms with E-state index in [0.717, 1.165) is 29.8 Å². The molecule has 1 fully saturated rings. The van der Waals surface area contributed by atoms with Gasteiger partial charge in [-0.2, -0.15) is 0 Å². The maximum absolute atomic E-state index is 11.4. The summed E-state index contributed by atoms with van der Waals surface area (Å²) >= 11 is 6.24. The number of halogens is 1. The molecule has 3 nitrogen and oxygen atoms in total. The molecule has 0 radical (unpaired) electrons. The van der Waals surface area contributed by atoms with E-state index in [1.165, 1.54) is 13.3 Å². The lowest BCUT2D eigenvalue weighted by atomic mass is 9.75. The van der Waals surface area contributed by atoms with Gasteiger partial charge in [0.2, 0.25) is 5.91 Å². The molecule has 1 amide bonds. The first-order valence-corrected chi connectivity index (χ1v) is 7.20. The van der Waals surface area contributed by atoms with E-state index in [9.17, 15) is 4.79 Å². The Bertz CT molecular complexity index is 529. The highest BCUT2D eigenvalue weighted by Gasteiger charge is 2.37. The average molecular weight is 280 g/mol. The molecule has 19 heavy (non-hydrogen) atoms. The van der Waals surface area contributed by atoms with Crippen molar-refractivity contribution in [3.05, 3.63) is 22.7 Å². The van der Waals surface area contributed by atoms with Crippen LogP contribution in [0.5, 0.6) is 5.75 Å². The second kappa shape index (κ2) is 4.71. The fourth-order valence-corrected chi connectivity index (χ4v) is 3.47. The summed E-state index contributed by atoms with van der Waals surface area (Å²) in [5, 5.41) is 3.46. The maximum atomic E-state index is 11.4. The van der Waals surface area contributed by atoms with Crippen LogP contribution in [0, 0.1) is 5.92 Å². The number of ether oxygens (including phenoxy) is 1. The number of benzene rings is 1. The van der Waals surface area contributed by atoms with Gasteiger partial charge in [-0.1, -0.05) is 18.5 Å². The van der Waals surface area contributed by atoms with Crippen molar-refractivity contribution in [1.29, 1.82) is 0 Å². The van der Waals surface area contributed by atoms with Gasteiger partial charge in [0.1, 0.15) is 11.9 Å². The average Bonchev–Trinajstić information content (AvgIpc) is 2.37. The van der Waals surface area contributed by atoms with Crippen LogP contribution in [0.1, 0.15) is 44.6 Å². The molecule has 1 heterocycles. The first-order valence-electron chi connectivity index (χ1n) is 6.83. The summed E-state index contributed by atoms with van der Waals surface area (Å²) in [7, 11) is 0. The smallest absolute Gasteiger partial charge is 0.221 e. The number of carbonyl (C=O) groups excluding carboxylic acids is 1. The SMILES string of the molecule is CC(=O)Nc1c(Cl)ccc2c1C1CCC(C)C(C1)O2. The highest BCUT2D eigenvalue weighted by atomic mass is 35.5. The molecule has 0 aromatic heterocycles. The largest absolute Gasteiger partial charge is 0.490 e. The molecule has 0 saturated heterocycles. The number of hydrogen-bond donors (Lipinski definition) is 1. The van der Waals surface area contributed by atoms with Crippen LogP contribution in [-0.4, -0.2) is 12.0 Å². The minimum Gasteiger partial charge on any atom is -0.490 e. The third-order valence-corrected chi connectivity index (χ3v) is 4.58. The lowest BCUT2D eigenvalue weighted by molar-refractivity contribution is -0.114. The first kappa shape index (κ1) is 12.8. The molecule has 1 saturated carbocycles. The summed E-state index contributed by atoms with van der Waals surface area (Å²) in [6.45, 7) is 3.75. The van der Waals surface area contributed by atoms with E-state index in [1.54, 1.807) is 6.07 Å². The zero-order valence-corrected chi connectivity index (χ0v) is 12.0. The van der Waals surface area contributed by atoms with Crippen molar-refractivity contribution in [3.8, 4) is 5.75 Å². The van der Waals surface area contributed by atoms with Crippen LogP contribution in [0.25, 0.3) is 0 Å². The highest BCUT2D eigenvalue weighted by Crippen LogP contribution is 2.50. The number of anilines is 1. The number of rotatable bonds is 1. The van der Waals surface area contributed by atoms with E-state index in [0.29, 0.717) is 23.0 Å². The number of hydrogen-bond acceptors (Lipinski definition) is 2. The minimum atomic E-state index is -0.0957. The lowest BCUT2D eigenvalue weighted by Crippen LogP contribution is -2.36. The predicted molar refractivity (Wildman–Crippen MR) is 75.9 cm³/mol. The van der Waals surface area contributed by atoms with Gasteiger partial charge in [-0.15, -0.1) is 0 Å². The highest BCUT2D eigenvalue weighted by molar-refractivity contribution is 6.34. The zero-order chi connectivity index (χ0) is 13.6. The van der Waals surface area contributed by atoms with E-state index in [1.807, 2.05) is 6.07 Å². The number of carbonyl (C=O) groups is 1. The van der Waals surface area contributed by atoms with Crippen LogP contribution in [0.2, 0.25) is 5.02 Å². The molecule has 1 aromatic carbocycles. The molecular weight excluding hydrogens is 262 g/mol. The Morgan fingerprint density at radius 3 is 2.95 bits per heavy atom. The van der Waals surface area contributed by atoms with Gasteiger partial charge < -0.3 is 10.1 Å². The fourth-order valence-electron chi connectivity index (χ4n) is 3.26. The summed E-state index contributed by atoms with van der Waals surface area (Å²) < 4.78 is 6.08. The van der Waals surface area contributed by atoms with E-state index in [4.69, 9.17) is 16.3 Å². The normalized spacial score (nSPS) is 28.3. The molecule has 3 rings (SSSR count). The molecular formula is C15H18ClNO2. The molecule has 1 N–H and O–H groups in total. The van der Waals surface area contributed by atoms with Crippen molar-refractivity contribution >= 4 is 23.2 Å². The summed E-state index contributed by atoms with van der Waals surface area (Å²) in [5.41, 5.74) is 1.83. The van der Waals surface area contributed by atoms with Crippen LogP contribution in [-0.2, 0) is 4.79 Å². The van der Waals surface area contributed by atoms with Crippen molar-refractivity contribution in [2.24, 2.45) is 5.92 Å². The molecule has 102 valence electrons. The minimum absolute atomic E-state index is 0.0957. The van der Waals surface area contributed by atoms with Gasteiger partial charge in [0.05, 0.1) is 10.7 Å². The third-order valence-electron chi connectivity index (χ3n) is 4.26. The van der Waals surface area contributed by atoms with E-state index < -0.39 is 0 Å². The van der Waals surface area contributed by atoms with Crippen LogP contribution in [0.15, 0.2) is 12.1 Å². The zero-order valence-electron chi connectivity index (χ0n) is 11.2. The maximum Gasteiger partial charge on any atom is 0.221 e. The van der Waals surface area contributed by atoms with Gasteiger partial charge in [-0.3, -0.25) is 4.79 Å². The van der Waals surface area contributed by atoms with Crippen molar-refractivity contribution in [2.45, 2.75) is 45.1 Å². The summed E-state index contributed by atoms with van der Waals surface area (Å²) in [6.07, 6.45) is 3.64. The number of amides is 1. The summed E-state index contributed by atoms with van der Waals surface area (Å²) in [6, 6.07) is 3.73. The van der Waals surface area contributed by atoms with Crippen molar-refractivity contribution in [2.75, 3.05) is 5.32 Å². The Morgan fingerprint density at radius 1 is 1.42 bits per heavy atom. The van der Waals surface area contributed by atoms with Gasteiger partial charge in [0.25, 0.3) is 0 Å². The Labute approximate surface area is 118 Å². The first-order chi connectivity index (χ1) is 9.06. The van der Waals surface area contributed by atoms with Gasteiger partial charge in [-0.05, 0) is 43.2 Å². The lowest BCUT2D eigenvalue weighted by Gasteiger charge is -2.41. The quantitative estimate of drug-likeness (QED) is 0.845. The molecule has 3 atom stereocenters. The van der Waals surface area contributed by atoms with Crippen molar-refractivity contribution in [1.82, 2.24) is 0 Å². The molecule has 2 bridgehead atoms. The third kappa shape index (κ3) is 2.20. The Hall–Kier alpha value is -1.22. The summed E-state index contributed by atoms with van der Waals surface area (Å²) in [4.78, 5) is 11.4. The molecule has 1 aromatic rings. The van der Waals surface area contributed by atoms with Crippen molar-refractivity contribution < 1.29 is 9.53 Å². The molecule has 1 aliphatic carbocycles.